The first-order chi connectivity index (χ1) is 7.35. The van der Waals surface area contributed by atoms with Crippen LogP contribution in [0.1, 0.15) is 32.1 Å². The molecule has 1 aromatic rings. The summed E-state index contributed by atoms with van der Waals surface area (Å²) in [7, 11) is 0. The smallest absolute Gasteiger partial charge is 0.121 e. The van der Waals surface area contributed by atoms with Crippen molar-refractivity contribution in [2.75, 3.05) is 6.54 Å². The summed E-state index contributed by atoms with van der Waals surface area (Å²) in [6, 6.07) is 10.0. The van der Waals surface area contributed by atoms with Crippen LogP contribution < -0.4 is 10.5 Å². The third-order valence-corrected chi connectivity index (χ3v) is 3.21. The van der Waals surface area contributed by atoms with E-state index in [0.29, 0.717) is 6.54 Å². The fraction of sp³-hybridized carbons (Fsp3) is 0.538. The van der Waals surface area contributed by atoms with Gasteiger partial charge in [0.15, 0.2) is 0 Å². The summed E-state index contributed by atoms with van der Waals surface area (Å²) >= 11 is 0. The van der Waals surface area contributed by atoms with Crippen molar-refractivity contribution in [3.63, 3.8) is 0 Å². The number of nitrogens with two attached hydrogens (primary N) is 1. The molecule has 0 aliphatic heterocycles. The minimum Gasteiger partial charge on any atom is -0.486 e. The number of hydrogen-bond donors (Lipinski definition) is 1. The molecule has 1 aliphatic rings. The van der Waals surface area contributed by atoms with Crippen LogP contribution in [-0.2, 0) is 0 Å². The maximum atomic E-state index is 6.07. The molecule has 0 bridgehead atoms. The molecule has 0 amide bonds. The van der Waals surface area contributed by atoms with Gasteiger partial charge in [0.2, 0.25) is 0 Å². The third kappa shape index (κ3) is 2.51. The molecule has 0 atom stereocenters. The van der Waals surface area contributed by atoms with Gasteiger partial charge in [-0.1, -0.05) is 24.6 Å². The minimum atomic E-state index is -0.0976. The maximum absolute atomic E-state index is 6.07. The molecule has 0 radical (unpaired) electrons. The second kappa shape index (κ2) is 4.67. The van der Waals surface area contributed by atoms with Gasteiger partial charge in [-0.25, -0.2) is 0 Å². The van der Waals surface area contributed by atoms with Crippen LogP contribution in [0.15, 0.2) is 30.3 Å². The normalized spacial score (nSPS) is 19.8. The van der Waals surface area contributed by atoms with Crippen LogP contribution in [0.4, 0.5) is 0 Å². The standard InChI is InChI=1S/C13H19NO/c14-11-13(9-5-2-6-10-13)15-12-7-3-1-4-8-12/h1,3-4,7-8H,2,5-6,9-11,14H2. The lowest BCUT2D eigenvalue weighted by atomic mass is 9.84. The van der Waals surface area contributed by atoms with Gasteiger partial charge in [0.1, 0.15) is 11.4 Å². The minimum absolute atomic E-state index is 0.0976. The van der Waals surface area contributed by atoms with E-state index in [1.54, 1.807) is 0 Å². The predicted molar refractivity (Wildman–Crippen MR) is 61.9 cm³/mol. The van der Waals surface area contributed by atoms with Gasteiger partial charge < -0.3 is 10.5 Å². The Morgan fingerprint density at radius 1 is 1.07 bits per heavy atom. The molecule has 15 heavy (non-hydrogen) atoms. The second-order valence-electron chi connectivity index (χ2n) is 4.36. The number of benzene rings is 1. The molecule has 0 heterocycles. The largest absolute Gasteiger partial charge is 0.486 e. The Balaban J connectivity index is 2.07. The number of ether oxygens (including phenoxy) is 1. The Kier molecular flexibility index (Phi) is 3.27. The van der Waals surface area contributed by atoms with E-state index in [1.807, 2.05) is 30.3 Å². The van der Waals surface area contributed by atoms with E-state index in [4.69, 9.17) is 10.5 Å². The Morgan fingerprint density at radius 3 is 2.33 bits per heavy atom. The van der Waals surface area contributed by atoms with Gasteiger partial charge >= 0.3 is 0 Å². The van der Waals surface area contributed by atoms with Crippen LogP contribution in [0.2, 0.25) is 0 Å². The zero-order valence-corrected chi connectivity index (χ0v) is 9.11. The van der Waals surface area contributed by atoms with Gasteiger partial charge in [-0.2, -0.15) is 0 Å². The molecule has 2 rings (SSSR count). The SMILES string of the molecule is NCC1(Oc2ccccc2)CCCCC1. The topological polar surface area (TPSA) is 35.2 Å². The lowest BCUT2D eigenvalue weighted by Gasteiger charge is -2.36. The molecule has 0 saturated heterocycles. The summed E-state index contributed by atoms with van der Waals surface area (Å²) in [4.78, 5) is 0. The van der Waals surface area contributed by atoms with Crippen molar-refractivity contribution in [2.45, 2.75) is 37.7 Å². The quantitative estimate of drug-likeness (QED) is 0.823. The van der Waals surface area contributed by atoms with Crippen LogP contribution in [0.25, 0.3) is 0 Å². The zero-order valence-electron chi connectivity index (χ0n) is 9.11. The zero-order chi connectivity index (χ0) is 10.6. The van der Waals surface area contributed by atoms with Gasteiger partial charge in [0, 0.05) is 6.54 Å². The first-order valence-corrected chi connectivity index (χ1v) is 5.79. The Labute approximate surface area is 91.4 Å². The van der Waals surface area contributed by atoms with Crippen molar-refractivity contribution in [3.05, 3.63) is 30.3 Å². The van der Waals surface area contributed by atoms with E-state index >= 15 is 0 Å². The van der Waals surface area contributed by atoms with Gasteiger partial charge in [-0.3, -0.25) is 0 Å². The maximum Gasteiger partial charge on any atom is 0.121 e. The van der Waals surface area contributed by atoms with Crippen molar-refractivity contribution in [2.24, 2.45) is 5.73 Å². The fourth-order valence-electron chi connectivity index (χ4n) is 2.28. The molecule has 82 valence electrons. The summed E-state index contributed by atoms with van der Waals surface area (Å²) < 4.78 is 6.07. The highest BCUT2D eigenvalue weighted by Crippen LogP contribution is 2.32. The summed E-state index contributed by atoms with van der Waals surface area (Å²) in [6.07, 6.45) is 5.99. The summed E-state index contributed by atoms with van der Waals surface area (Å²) in [5, 5.41) is 0. The molecule has 0 aromatic heterocycles. The molecule has 2 nitrogen and oxygen atoms in total. The molecule has 2 heteroatoms. The Bertz CT molecular complexity index is 291. The molecule has 1 aromatic carbocycles. The third-order valence-electron chi connectivity index (χ3n) is 3.21. The van der Waals surface area contributed by atoms with Crippen LogP contribution in [0.3, 0.4) is 0 Å². The first-order valence-electron chi connectivity index (χ1n) is 5.79. The predicted octanol–water partition coefficient (Wildman–Crippen LogP) is 2.73. The van der Waals surface area contributed by atoms with Crippen molar-refractivity contribution >= 4 is 0 Å². The van der Waals surface area contributed by atoms with Gasteiger partial charge in [0.25, 0.3) is 0 Å². The summed E-state index contributed by atoms with van der Waals surface area (Å²) in [6.45, 7) is 0.627. The van der Waals surface area contributed by atoms with Crippen LogP contribution in [-0.4, -0.2) is 12.1 Å². The van der Waals surface area contributed by atoms with E-state index < -0.39 is 0 Å². The Hall–Kier alpha value is -1.02. The number of rotatable bonds is 3. The molecule has 2 N–H and O–H groups in total. The Morgan fingerprint density at radius 2 is 1.73 bits per heavy atom. The number of para-hydroxylation sites is 1. The molecule has 1 saturated carbocycles. The van der Waals surface area contributed by atoms with E-state index in [0.717, 1.165) is 18.6 Å². The van der Waals surface area contributed by atoms with E-state index in [-0.39, 0.29) is 5.60 Å². The second-order valence-corrected chi connectivity index (χ2v) is 4.36. The number of hydrogen-bond acceptors (Lipinski definition) is 2. The van der Waals surface area contributed by atoms with E-state index in [2.05, 4.69) is 0 Å². The molecular formula is C13H19NO. The molecule has 0 spiro atoms. The van der Waals surface area contributed by atoms with Crippen LogP contribution >= 0.6 is 0 Å². The lowest BCUT2D eigenvalue weighted by Crippen LogP contribution is -2.45. The van der Waals surface area contributed by atoms with Crippen molar-refractivity contribution in [1.82, 2.24) is 0 Å². The molecule has 0 unspecified atom stereocenters. The lowest BCUT2D eigenvalue weighted by molar-refractivity contribution is 0.0387. The fourth-order valence-corrected chi connectivity index (χ4v) is 2.28. The van der Waals surface area contributed by atoms with Gasteiger partial charge in [-0.05, 0) is 37.8 Å². The monoisotopic (exact) mass is 205 g/mol. The van der Waals surface area contributed by atoms with E-state index in [9.17, 15) is 0 Å². The molecular weight excluding hydrogens is 186 g/mol. The highest BCUT2D eigenvalue weighted by Gasteiger charge is 2.32. The highest BCUT2D eigenvalue weighted by atomic mass is 16.5. The van der Waals surface area contributed by atoms with Crippen LogP contribution in [0, 0.1) is 0 Å². The molecule has 1 aliphatic carbocycles. The highest BCUT2D eigenvalue weighted by molar-refractivity contribution is 5.22. The van der Waals surface area contributed by atoms with Crippen molar-refractivity contribution < 1.29 is 4.74 Å². The van der Waals surface area contributed by atoms with Gasteiger partial charge in [-0.15, -0.1) is 0 Å². The van der Waals surface area contributed by atoms with Gasteiger partial charge in [0.05, 0.1) is 0 Å². The van der Waals surface area contributed by atoms with Crippen molar-refractivity contribution in [3.8, 4) is 5.75 Å². The first kappa shape index (κ1) is 10.5. The average molecular weight is 205 g/mol. The van der Waals surface area contributed by atoms with Crippen LogP contribution in [0.5, 0.6) is 5.75 Å². The summed E-state index contributed by atoms with van der Waals surface area (Å²) in [5.74, 6) is 0.949. The average Bonchev–Trinajstić information content (AvgIpc) is 2.32. The van der Waals surface area contributed by atoms with E-state index in [1.165, 1.54) is 19.3 Å². The summed E-state index contributed by atoms with van der Waals surface area (Å²) in [5.41, 5.74) is 5.76. The molecule has 1 fully saturated rings. The van der Waals surface area contributed by atoms with Crippen molar-refractivity contribution in [1.29, 1.82) is 0 Å².